The summed E-state index contributed by atoms with van der Waals surface area (Å²) in [6.45, 7) is 5.51. The second kappa shape index (κ2) is 15.6. The van der Waals surface area contributed by atoms with E-state index in [1.54, 1.807) is 48.7 Å². The molecular weight excluding hydrogens is 805 g/mol. The Morgan fingerprint density at radius 2 is 1.02 bits per heavy atom. The number of rotatable bonds is 6. The van der Waals surface area contributed by atoms with Gasteiger partial charge in [0.2, 0.25) is 11.9 Å². The zero-order valence-electron chi connectivity index (χ0n) is 34.7. The van der Waals surface area contributed by atoms with Crippen LogP contribution in [0.1, 0.15) is 65.2 Å². The van der Waals surface area contributed by atoms with E-state index in [0.29, 0.717) is 35.9 Å². The van der Waals surface area contributed by atoms with Gasteiger partial charge >= 0.3 is 0 Å². The van der Waals surface area contributed by atoms with Crippen LogP contribution in [0.5, 0.6) is 0 Å². The summed E-state index contributed by atoms with van der Waals surface area (Å²) < 4.78 is 59.5. The van der Waals surface area contributed by atoms with Gasteiger partial charge in [-0.15, -0.1) is 0 Å². The van der Waals surface area contributed by atoms with E-state index >= 15 is 0 Å². The average Bonchev–Trinajstić information content (AvgIpc) is 4.00. The molecule has 6 aromatic rings. The molecule has 0 aliphatic carbocycles. The van der Waals surface area contributed by atoms with E-state index in [9.17, 15) is 27.2 Å². The van der Waals surface area contributed by atoms with E-state index in [4.69, 9.17) is 9.97 Å². The number of hydrogen-bond donors (Lipinski definition) is 0. The van der Waals surface area contributed by atoms with Crippen molar-refractivity contribution in [2.75, 3.05) is 46.8 Å². The molecule has 4 aromatic heterocycles. The molecule has 4 aliphatic heterocycles. The van der Waals surface area contributed by atoms with Gasteiger partial charge in [-0.1, -0.05) is 26.0 Å². The second-order valence-corrected chi connectivity index (χ2v) is 15.9. The van der Waals surface area contributed by atoms with Crippen molar-refractivity contribution in [2.45, 2.75) is 76.3 Å². The Hall–Kier alpha value is -6.72. The quantitative estimate of drug-likeness (QED) is 0.156. The first-order valence-electron chi connectivity index (χ1n) is 20.8. The van der Waals surface area contributed by atoms with Gasteiger partial charge in [0.05, 0.1) is 23.5 Å². The molecule has 4 aliphatic rings. The number of anilines is 4. The molecule has 18 heteroatoms. The van der Waals surface area contributed by atoms with Gasteiger partial charge in [0.15, 0.2) is 34.9 Å². The highest BCUT2D eigenvalue weighted by molar-refractivity contribution is 6.08. The minimum Gasteiger partial charge on any atom is -0.340 e. The summed E-state index contributed by atoms with van der Waals surface area (Å²) >= 11 is 0. The predicted octanol–water partition coefficient (Wildman–Crippen LogP) is 7.45. The van der Waals surface area contributed by atoms with Gasteiger partial charge in [-0.05, 0) is 75.6 Å². The van der Waals surface area contributed by atoms with Crippen LogP contribution >= 0.6 is 0 Å². The number of likely N-dealkylation sites (N-methyl/N-ethyl adjacent to an activating group) is 2. The molecule has 10 rings (SSSR count). The molecule has 0 N–H and O–H groups in total. The van der Waals surface area contributed by atoms with Crippen LogP contribution in [0.4, 0.5) is 40.6 Å². The van der Waals surface area contributed by atoms with Crippen molar-refractivity contribution in [3.63, 3.8) is 0 Å². The van der Waals surface area contributed by atoms with Crippen LogP contribution in [0.15, 0.2) is 73.6 Å². The second-order valence-electron chi connectivity index (χ2n) is 15.9. The largest absolute Gasteiger partial charge is 0.340 e. The van der Waals surface area contributed by atoms with Crippen LogP contribution in [0, 0.1) is 23.3 Å². The van der Waals surface area contributed by atoms with E-state index in [1.807, 2.05) is 13.8 Å². The number of aromatic nitrogens is 8. The van der Waals surface area contributed by atoms with Crippen LogP contribution < -0.4 is 19.6 Å². The molecule has 0 saturated carbocycles. The van der Waals surface area contributed by atoms with Gasteiger partial charge in [0.25, 0.3) is 11.8 Å². The molecule has 62 heavy (non-hydrogen) atoms. The number of amides is 2. The summed E-state index contributed by atoms with van der Waals surface area (Å²) in [6.07, 6.45) is 16.3. The zero-order chi connectivity index (χ0) is 43.5. The number of fused-ring (bicyclic) bond motifs is 6. The number of halogens is 4. The first-order valence-corrected chi connectivity index (χ1v) is 20.8. The third kappa shape index (κ3) is 6.20. The lowest BCUT2D eigenvalue weighted by atomic mass is 9.81. The number of imidazole rings is 2. The van der Waals surface area contributed by atoms with Crippen molar-refractivity contribution < 1.29 is 27.2 Å². The highest BCUT2D eigenvalue weighted by Gasteiger charge is 2.52. The van der Waals surface area contributed by atoms with E-state index < -0.39 is 34.3 Å². The van der Waals surface area contributed by atoms with Crippen molar-refractivity contribution in [2.24, 2.45) is 0 Å². The lowest BCUT2D eigenvalue weighted by Gasteiger charge is -2.51. The Balaban J connectivity index is 0.000000158. The molecular formula is C44H44F4N12O2. The Labute approximate surface area is 354 Å². The Morgan fingerprint density at radius 3 is 1.42 bits per heavy atom. The molecule has 2 atom stereocenters. The van der Waals surface area contributed by atoms with Crippen molar-refractivity contribution in [1.29, 1.82) is 0 Å². The molecule has 2 aromatic carbocycles. The van der Waals surface area contributed by atoms with Crippen molar-refractivity contribution in [3.8, 4) is 34.7 Å². The summed E-state index contributed by atoms with van der Waals surface area (Å²) in [6, 6.07) is 7.93. The normalized spacial score (nSPS) is 20.6. The Kier molecular flexibility index (Phi) is 10.3. The lowest BCUT2D eigenvalue weighted by molar-refractivity contribution is -0.125. The van der Waals surface area contributed by atoms with Gasteiger partial charge in [-0.25, -0.2) is 37.5 Å². The molecule has 0 unspecified atom stereocenters. The Bertz CT molecular complexity index is 2540. The maximum atomic E-state index is 14.4. The molecule has 0 radical (unpaired) electrons. The molecule has 2 fully saturated rings. The monoisotopic (exact) mass is 848 g/mol. The molecule has 2 amide bonds. The highest BCUT2D eigenvalue weighted by atomic mass is 19.2. The van der Waals surface area contributed by atoms with Gasteiger partial charge in [-0.3, -0.25) is 18.7 Å². The fraction of sp³-hybridized carbons (Fsp3) is 0.364. The summed E-state index contributed by atoms with van der Waals surface area (Å²) in [4.78, 5) is 60.8. The van der Waals surface area contributed by atoms with Crippen LogP contribution in [0.3, 0.4) is 0 Å². The minimum absolute atomic E-state index is 0.0273. The lowest BCUT2D eigenvalue weighted by Crippen LogP contribution is -2.64. The first kappa shape index (κ1) is 40.7. The smallest absolute Gasteiger partial charge is 0.252 e. The number of carbonyl (C=O) groups excluding carboxylic acids is 2. The van der Waals surface area contributed by atoms with E-state index in [-0.39, 0.29) is 46.5 Å². The number of piperidine rings is 2. The van der Waals surface area contributed by atoms with Crippen LogP contribution in [0.2, 0.25) is 0 Å². The van der Waals surface area contributed by atoms with E-state index in [1.165, 1.54) is 45.8 Å². The average molecular weight is 849 g/mol. The predicted molar refractivity (Wildman–Crippen MR) is 224 cm³/mol. The Morgan fingerprint density at radius 1 is 0.597 bits per heavy atom. The van der Waals surface area contributed by atoms with Crippen LogP contribution in [-0.2, 0) is 9.59 Å². The number of nitrogens with zero attached hydrogens (tertiary/aromatic N) is 12. The number of carbonyl (C=O) groups is 2. The number of benzene rings is 2. The molecule has 8 heterocycles. The highest BCUT2D eigenvalue weighted by Crippen LogP contribution is 2.46. The first-order chi connectivity index (χ1) is 30.0. The van der Waals surface area contributed by atoms with Crippen LogP contribution in [-0.4, -0.2) is 89.1 Å². The van der Waals surface area contributed by atoms with E-state index in [2.05, 4.69) is 29.7 Å². The standard InChI is InChI=1S/2C22H22F2N6O/c2*1-3-22-9-4-5-11-30(22)19-16(28(2)20(22)31)13-26-21(27-19)29-12-10-25-18(29)14-7-6-8-15(23)17(14)24/h2*6-8,10,12-13H,3-5,9,11H2,1-2H3/t2*22-/m10/s1. The zero-order valence-corrected chi connectivity index (χ0v) is 34.7. The number of hydrogen-bond acceptors (Lipinski definition) is 10. The molecule has 320 valence electrons. The third-order valence-electron chi connectivity index (χ3n) is 12.9. The SMILES string of the molecule is CC[C@@]12CCCCN1c1nc(-n3ccnc3-c3cccc(F)c3F)ncc1N(C)C2=O.CC[C@]12CCCCN1c1nc(-n3ccnc3-c3cccc(F)c3F)ncc1N(C)C2=O. The summed E-state index contributed by atoms with van der Waals surface area (Å²) in [5.74, 6) is -1.39. The fourth-order valence-corrected chi connectivity index (χ4v) is 9.51. The molecule has 0 bridgehead atoms. The molecule has 14 nitrogen and oxygen atoms in total. The molecule has 0 spiro atoms. The van der Waals surface area contributed by atoms with Crippen LogP contribution in [0.25, 0.3) is 34.7 Å². The summed E-state index contributed by atoms with van der Waals surface area (Å²) in [7, 11) is 3.50. The maximum Gasteiger partial charge on any atom is 0.252 e. The van der Waals surface area contributed by atoms with Gasteiger partial charge in [-0.2, -0.15) is 9.97 Å². The summed E-state index contributed by atoms with van der Waals surface area (Å²) in [5.41, 5.74) is 0.103. The topological polar surface area (TPSA) is 134 Å². The van der Waals surface area contributed by atoms with Gasteiger partial charge in [0.1, 0.15) is 34.1 Å². The minimum atomic E-state index is -0.973. The van der Waals surface area contributed by atoms with Gasteiger partial charge < -0.3 is 19.6 Å². The maximum absolute atomic E-state index is 14.4. The van der Waals surface area contributed by atoms with Crippen molar-refractivity contribution >= 4 is 34.8 Å². The van der Waals surface area contributed by atoms with Crippen molar-refractivity contribution in [1.82, 2.24) is 39.0 Å². The fourth-order valence-electron chi connectivity index (χ4n) is 9.51. The summed E-state index contributed by atoms with van der Waals surface area (Å²) in [5, 5.41) is 0. The third-order valence-corrected chi connectivity index (χ3v) is 12.9. The molecule has 2 saturated heterocycles. The van der Waals surface area contributed by atoms with Gasteiger partial charge in [0, 0.05) is 52.0 Å². The van der Waals surface area contributed by atoms with E-state index in [0.717, 1.165) is 63.7 Å². The van der Waals surface area contributed by atoms with Crippen molar-refractivity contribution in [3.05, 3.63) is 96.8 Å².